The van der Waals surface area contributed by atoms with Crippen molar-refractivity contribution in [2.24, 2.45) is 5.73 Å². The second-order valence-corrected chi connectivity index (χ2v) is 4.89. The molecule has 0 aliphatic carbocycles. The van der Waals surface area contributed by atoms with E-state index < -0.39 is 11.6 Å². The highest BCUT2D eigenvalue weighted by atomic mass is 19.1. The zero-order chi connectivity index (χ0) is 13.0. The van der Waals surface area contributed by atoms with Gasteiger partial charge in [-0.25, -0.2) is 8.78 Å². The largest absolute Gasteiger partial charge is 0.378 e. The molecule has 2 rings (SSSR count). The molecule has 100 valence electrons. The van der Waals surface area contributed by atoms with Crippen LogP contribution in [-0.4, -0.2) is 18.8 Å². The van der Waals surface area contributed by atoms with Crippen molar-refractivity contribution in [3.05, 3.63) is 35.4 Å². The van der Waals surface area contributed by atoms with Gasteiger partial charge in [0.05, 0.1) is 6.10 Å². The van der Waals surface area contributed by atoms with Gasteiger partial charge in [-0.2, -0.15) is 0 Å². The van der Waals surface area contributed by atoms with Crippen molar-refractivity contribution in [1.82, 2.24) is 0 Å². The van der Waals surface area contributed by atoms with Crippen LogP contribution in [0.15, 0.2) is 18.2 Å². The van der Waals surface area contributed by atoms with Gasteiger partial charge in [-0.05, 0) is 44.2 Å². The van der Waals surface area contributed by atoms with Gasteiger partial charge in [-0.15, -0.1) is 0 Å². The van der Waals surface area contributed by atoms with E-state index in [1.165, 1.54) is 18.2 Å². The van der Waals surface area contributed by atoms with Gasteiger partial charge in [0.2, 0.25) is 0 Å². The standard InChI is InChI=1S/C14H19F2NO/c15-13-5-3-6-14(16)12(13)9-10(17)8-11-4-1-2-7-18-11/h3,5-6,10-11H,1-2,4,7-9,17H2. The molecule has 1 aliphatic rings. The van der Waals surface area contributed by atoms with Crippen molar-refractivity contribution in [3.8, 4) is 0 Å². The molecule has 0 amide bonds. The lowest BCUT2D eigenvalue weighted by Crippen LogP contribution is -2.32. The Morgan fingerprint density at radius 3 is 2.61 bits per heavy atom. The fraction of sp³-hybridized carbons (Fsp3) is 0.571. The molecular formula is C14H19F2NO. The Hall–Kier alpha value is -1.00. The molecule has 1 fully saturated rings. The van der Waals surface area contributed by atoms with Crippen LogP contribution in [0.3, 0.4) is 0 Å². The lowest BCUT2D eigenvalue weighted by Gasteiger charge is -2.25. The van der Waals surface area contributed by atoms with E-state index in [4.69, 9.17) is 10.5 Å². The molecule has 2 atom stereocenters. The minimum atomic E-state index is -0.519. The molecule has 2 nitrogen and oxygen atoms in total. The predicted molar refractivity (Wildman–Crippen MR) is 66.2 cm³/mol. The van der Waals surface area contributed by atoms with Crippen molar-refractivity contribution in [1.29, 1.82) is 0 Å². The maximum absolute atomic E-state index is 13.5. The third-order valence-electron chi connectivity index (χ3n) is 3.37. The zero-order valence-electron chi connectivity index (χ0n) is 10.4. The van der Waals surface area contributed by atoms with Gasteiger partial charge < -0.3 is 10.5 Å². The Morgan fingerprint density at radius 2 is 2.00 bits per heavy atom. The van der Waals surface area contributed by atoms with E-state index >= 15 is 0 Å². The summed E-state index contributed by atoms with van der Waals surface area (Å²) >= 11 is 0. The first-order valence-corrected chi connectivity index (χ1v) is 6.47. The topological polar surface area (TPSA) is 35.2 Å². The first-order valence-electron chi connectivity index (χ1n) is 6.47. The minimum Gasteiger partial charge on any atom is -0.378 e. The molecule has 1 aliphatic heterocycles. The van der Waals surface area contributed by atoms with E-state index in [2.05, 4.69) is 0 Å². The average molecular weight is 255 g/mol. The molecule has 0 radical (unpaired) electrons. The van der Waals surface area contributed by atoms with E-state index in [1.54, 1.807) is 0 Å². The molecule has 2 N–H and O–H groups in total. The number of halogens is 2. The number of hydrogen-bond donors (Lipinski definition) is 1. The van der Waals surface area contributed by atoms with Crippen molar-refractivity contribution in [3.63, 3.8) is 0 Å². The lowest BCUT2D eigenvalue weighted by atomic mass is 9.97. The summed E-state index contributed by atoms with van der Waals surface area (Å²) in [5.41, 5.74) is 6.05. The smallest absolute Gasteiger partial charge is 0.129 e. The van der Waals surface area contributed by atoms with Gasteiger partial charge in [0.1, 0.15) is 11.6 Å². The van der Waals surface area contributed by atoms with E-state index in [-0.39, 0.29) is 24.1 Å². The van der Waals surface area contributed by atoms with E-state index in [1.807, 2.05) is 0 Å². The summed E-state index contributed by atoms with van der Waals surface area (Å²) < 4.78 is 32.5. The van der Waals surface area contributed by atoms with Gasteiger partial charge in [0.15, 0.2) is 0 Å². The Bertz CT molecular complexity index is 371. The Kier molecular flexibility index (Phi) is 4.66. The van der Waals surface area contributed by atoms with Crippen LogP contribution in [0.25, 0.3) is 0 Å². The molecule has 2 unspecified atom stereocenters. The SMILES string of the molecule is NC(Cc1c(F)cccc1F)CC1CCCCO1. The highest BCUT2D eigenvalue weighted by molar-refractivity contribution is 5.20. The molecule has 0 aromatic heterocycles. The van der Waals surface area contributed by atoms with Crippen molar-refractivity contribution in [2.45, 2.75) is 44.2 Å². The minimum absolute atomic E-state index is 0.0841. The van der Waals surface area contributed by atoms with Crippen LogP contribution in [0.2, 0.25) is 0 Å². The van der Waals surface area contributed by atoms with Gasteiger partial charge in [-0.1, -0.05) is 6.07 Å². The third kappa shape index (κ3) is 3.50. The van der Waals surface area contributed by atoms with Crippen LogP contribution < -0.4 is 5.73 Å². The summed E-state index contributed by atoms with van der Waals surface area (Å²) in [5, 5.41) is 0. The molecule has 0 bridgehead atoms. The Morgan fingerprint density at radius 1 is 1.28 bits per heavy atom. The molecule has 1 aromatic carbocycles. The average Bonchev–Trinajstić information content (AvgIpc) is 2.35. The molecule has 1 saturated heterocycles. The summed E-state index contributed by atoms with van der Waals surface area (Å²) in [7, 11) is 0. The van der Waals surface area contributed by atoms with Gasteiger partial charge in [0, 0.05) is 18.2 Å². The first kappa shape index (κ1) is 13.4. The quantitative estimate of drug-likeness (QED) is 0.898. The van der Waals surface area contributed by atoms with Crippen molar-refractivity contribution < 1.29 is 13.5 Å². The Balaban J connectivity index is 1.92. The summed E-state index contributed by atoms with van der Waals surface area (Å²) in [5.74, 6) is -1.04. The highest BCUT2D eigenvalue weighted by Crippen LogP contribution is 2.20. The molecule has 18 heavy (non-hydrogen) atoms. The Labute approximate surface area is 106 Å². The van der Waals surface area contributed by atoms with E-state index in [0.717, 1.165) is 25.9 Å². The normalized spacial score (nSPS) is 21.8. The first-order chi connectivity index (χ1) is 8.66. The molecule has 1 aromatic rings. The van der Waals surface area contributed by atoms with Crippen LogP contribution in [0, 0.1) is 11.6 Å². The molecular weight excluding hydrogens is 236 g/mol. The summed E-state index contributed by atoms with van der Waals surface area (Å²) in [4.78, 5) is 0. The monoisotopic (exact) mass is 255 g/mol. The van der Waals surface area contributed by atoms with Crippen LogP contribution in [0.4, 0.5) is 8.78 Å². The number of rotatable bonds is 4. The maximum atomic E-state index is 13.5. The van der Waals surface area contributed by atoms with Gasteiger partial charge in [-0.3, -0.25) is 0 Å². The second kappa shape index (κ2) is 6.25. The molecule has 0 saturated carbocycles. The summed E-state index contributed by atoms with van der Waals surface area (Å²) in [6.07, 6.45) is 4.25. The number of nitrogens with two attached hydrogens (primary N) is 1. The van der Waals surface area contributed by atoms with E-state index in [0.29, 0.717) is 6.42 Å². The number of hydrogen-bond acceptors (Lipinski definition) is 2. The van der Waals surface area contributed by atoms with Gasteiger partial charge in [0.25, 0.3) is 0 Å². The summed E-state index contributed by atoms with van der Waals surface area (Å²) in [6, 6.07) is 3.63. The van der Waals surface area contributed by atoms with Crippen molar-refractivity contribution in [2.75, 3.05) is 6.61 Å². The third-order valence-corrected chi connectivity index (χ3v) is 3.37. The fourth-order valence-corrected chi connectivity index (χ4v) is 2.40. The van der Waals surface area contributed by atoms with Gasteiger partial charge >= 0.3 is 0 Å². The predicted octanol–water partition coefficient (Wildman–Crippen LogP) is 2.79. The fourth-order valence-electron chi connectivity index (χ4n) is 2.40. The number of benzene rings is 1. The van der Waals surface area contributed by atoms with Crippen LogP contribution >= 0.6 is 0 Å². The molecule has 1 heterocycles. The lowest BCUT2D eigenvalue weighted by molar-refractivity contribution is 0.00739. The summed E-state index contributed by atoms with van der Waals surface area (Å²) in [6.45, 7) is 0.769. The van der Waals surface area contributed by atoms with Crippen LogP contribution in [0.1, 0.15) is 31.2 Å². The van der Waals surface area contributed by atoms with Crippen LogP contribution in [-0.2, 0) is 11.2 Å². The second-order valence-electron chi connectivity index (χ2n) is 4.89. The van der Waals surface area contributed by atoms with E-state index in [9.17, 15) is 8.78 Å². The van der Waals surface area contributed by atoms with Crippen LogP contribution in [0.5, 0.6) is 0 Å². The molecule has 0 spiro atoms. The van der Waals surface area contributed by atoms with Crippen molar-refractivity contribution >= 4 is 0 Å². The highest BCUT2D eigenvalue weighted by Gasteiger charge is 2.19. The number of ether oxygens (including phenoxy) is 1. The molecule has 4 heteroatoms. The zero-order valence-corrected chi connectivity index (χ0v) is 10.4. The maximum Gasteiger partial charge on any atom is 0.129 e.